The molecule has 0 bridgehead atoms. The van der Waals surface area contributed by atoms with Crippen LogP contribution in [0.25, 0.3) is 0 Å². The number of halogens is 3. The molecule has 0 saturated heterocycles. The number of anilines is 1. The summed E-state index contributed by atoms with van der Waals surface area (Å²) >= 11 is 12.2. The van der Waals surface area contributed by atoms with Crippen LogP contribution in [0.1, 0.15) is 0 Å². The van der Waals surface area contributed by atoms with Crippen LogP contribution >= 0.6 is 43.5 Å². The van der Waals surface area contributed by atoms with E-state index in [1.165, 1.54) is 24.4 Å². The SMILES string of the molecule is O=S(=O)(Nc1ccnc(Cl)c1)c1cc(Br)ccc1Br. The lowest BCUT2D eigenvalue weighted by atomic mass is 10.4. The lowest BCUT2D eigenvalue weighted by Crippen LogP contribution is -2.13. The molecule has 0 fully saturated rings. The second-order valence-corrected chi connectivity index (χ2v) is 7.36. The Hall–Kier alpha value is -0.630. The minimum Gasteiger partial charge on any atom is -0.279 e. The number of benzene rings is 1. The predicted molar refractivity (Wildman–Crippen MR) is 81.9 cm³/mol. The van der Waals surface area contributed by atoms with Gasteiger partial charge in [0.1, 0.15) is 10.0 Å². The first-order chi connectivity index (χ1) is 8.88. The van der Waals surface area contributed by atoms with Gasteiger partial charge < -0.3 is 0 Å². The van der Waals surface area contributed by atoms with Crippen LogP contribution in [-0.2, 0) is 10.0 Å². The third kappa shape index (κ3) is 3.68. The lowest BCUT2D eigenvalue weighted by Gasteiger charge is -2.10. The van der Waals surface area contributed by atoms with Gasteiger partial charge in [-0.1, -0.05) is 27.5 Å². The zero-order valence-electron chi connectivity index (χ0n) is 9.27. The highest BCUT2D eigenvalue weighted by Crippen LogP contribution is 2.27. The number of nitrogens with one attached hydrogen (secondary N) is 1. The number of sulfonamides is 1. The van der Waals surface area contributed by atoms with Gasteiger partial charge in [-0.2, -0.15) is 0 Å². The van der Waals surface area contributed by atoms with Crippen molar-refractivity contribution in [2.24, 2.45) is 0 Å². The fourth-order valence-corrected chi connectivity index (χ4v) is 4.09. The summed E-state index contributed by atoms with van der Waals surface area (Å²) in [6, 6.07) is 7.86. The number of aromatic nitrogens is 1. The Bertz CT molecular complexity index is 722. The van der Waals surface area contributed by atoms with Crippen molar-refractivity contribution < 1.29 is 8.42 Å². The highest BCUT2D eigenvalue weighted by atomic mass is 79.9. The van der Waals surface area contributed by atoms with E-state index >= 15 is 0 Å². The maximum atomic E-state index is 12.3. The summed E-state index contributed by atoms with van der Waals surface area (Å²) in [5, 5.41) is 0.216. The van der Waals surface area contributed by atoms with Crippen molar-refractivity contribution in [1.82, 2.24) is 4.98 Å². The van der Waals surface area contributed by atoms with Crippen LogP contribution in [0.3, 0.4) is 0 Å². The lowest BCUT2D eigenvalue weighted by molar-refractivity contribution is 0.600. The molecular formula is C11H7Br2ClN2O2S. The molecule has 8 heteroatoms. The molecule has 2 aromatic rings. The van der Waals surface area contributed by atoms with E-state index in [1.807, 2.05) is 0 Å². The fourth-order valence-electron chi connectivity index (χ4n) is 1.36. The van der Waals surface area contributed by atoms with E-state index in [9.17, 15) is 8.42 Å². The van der Waals surface area contributed by atoms with Crippen LogP contribution < -0.4 is 4.72 Å². The molecular weight excluding hydrogens is 419 g/mol. The maximum absolute atomic E-state index is 12.3. The quantitative estimate of drug-likeness (QED) is 0.753. The van der Waals surface area contributed by atoms with E-state index in [0.717, 1.165) is 0 Å². The number of hydrogen-bond donors (Lipinski definition) is 1. The van der Waals surface area contributed by atoms with E-state index in [1.54, 1.807) is 12.1 Å². The topological polar surface area (TPSA) is 59.1 Å². The van der Waals surface area contributed by atoms with Crippen LogP contribution in [0.15, 0.2) is 50.4 Å². The molecule has 19 heavy (non-hydrogen) atoms. The van der Waals surface area contributed by atoms with Gasteiger partial charge in [-0.05, 0) is 46.3 Å². The van der Waals surface area contributed by atoms with Gasteiger partial charge in [-0.3, -0.25) is 4.72 Å². The van der Waals surface area contributed by atoms with Crippen molar-refractivity contribution >= 4 is 59.2 Å². The van der Waals surface area contributed by atoms with Gasteiger partial charge in [0.15, 0.2) is 0 Å². The van der Waals surface area contributed by atoms with E-state index in [4.69, 9.17) is 11.6 Å². The van der Waals surface area contributed by atoms with E-state index in [0.29, 0.717) is 14.6 Å². The molecule has 2 rings (SSSR count). The van der Waals surface area contributed by atoms with E-state index in [-0.39, 0.29) is 10.0 Å². The van der Waals surface area contributed by atoms with Crippen molar-refractivity contribution in [2.75, 3.05) is 4.72 Å². The molecule has 0 unspecified atom stereocenters. The Balaban J connectivity index is 2.40. The van der Waals surface area contributed by atoms with Crippen molar-refractivity contribution in [1.29, 1.82) is 0 Å². The second-order valence-electron chi connectivity index (χ2n) is 3.55. The minimum atomic E-state index is -3.70. The average molecular weight is 427 g/mol. The highest BCUT2D eigenvalue weighted by Gasteiger charge is 2.18. The van der Waals surface area contributed by atoms with Crippen LogP contribution in [-0.4, -0.2) is 13.4 Å². The van der Waals surface area contributed by atoms with Gasteiger partial charge in [0.05, 0.1) is 5.69 Å². The molecule has 100 valence electrons. The number of nitrogens with zero attached hydrogens (tertiary/aromatic N) is 1. The summed E-state index contributed by atoms with van der Waals surface area (Å²) in [5.41, 5.74) is 0.354. The first-order valence-electron chi connectivity index (χ1n) is 4.98. The third-order valence-corrected chi connectivity index (χ3v) is 5.24. The summed E-state index contributed by atoms with van der Waals surface area (Å²) in [6.45, 7) is 0. The van der Waals surface area contributed by atoms with Gasteiger partial charge >= 0.3 is 0 Å². The Morgan fingerprint density at radius 1 is 1.16 bits per heavy atom. The molecule has 0 saturated carbocycles. The monoisotopic (exact) mass is 424 g/mol. The third-order valence-electron chi connectivity index (χ3n) is 2.16. The maximum Gasteiger partial charge on any atom is 0.263 e. The summed E-state index contributed by atoms with van der Waals surface area (Å²) in [7, 11) is -3.70. The first-order valence-corrected chi connectivity index (χ1v) is 8.42. The molecule has 0 amide bonds. The normalized spacial score (nSPS) is 11.3. The number of rotatable bonds is 3. The smallest absolute Gasteiger partial charge is 0.263 e. The van der Waals surface area contributed by atoms with Crippen LogP contribution in [0.4, 0.5) is 5.69 Å². The van der Waals surface area contributed by atoms with Gasteiger partial charge in [-0.25, -0.2) is 13.4 Å². The van der Waals surface area contributed by atoms with Gasteiger partial charge in [0, 0.05) is 15.1 Å². The molecule has 1 aromatic heterocycles. The minimum absolute atomic E-state index is 0.134. The number of pyridine rings is 1. The second kappa shape index (κ2) is 5.78. The molecule has 0 aliphatic carbocycles. The van der Waals surface area contributed by atoms with Crippen molar-refractivity contribution in [3.63, 3.8) is 0 Å². The standard InChI is InChI=1S/C11H7Br2ClN2O2S/c12-7-1-2-9(13)10(5-7)19(17,18)16-8-3-4-15-11(14)6-8/h1-6H,(H,15,16). The van der Waals surface area contributed by atoms with Crippen molar-refractivity contribution in [3.05, 3.63) is 50.6 Å². The summed E-state index contributed by atoms with van der Waals surface area (Å²) in [6.07, 6.45) is 1.43. The predicted octanol–water partition coefficient (Wildman–Crippen LogP) is 4.06. The zero-order valence-corrected chi connectivity index (χ0v) is 14.0. The molecule has 0 aliphatic heterocycles. The van der Waals surface area contributed by atoms with Crippen molar-refractivity contribution in [3.8, 4) is 0 Å². The molecule has 0 spiro atoms. The Morgan fingerprint density at radius 2 is 1.89 bits per heavy atom. The fraction of sp³-hybridized carbons (Fsp3) is 0. The van der Waals surface area contributed by atoms with Gasteiger partial charge in [0.25, 0.3) is 10.0 Å². The zero-order chi connectivity index (χ0) is 14.0. The van der Waals surface area contributed by atoms with Crippen LogP contribution in [0.2, 0.25) is 5.15 Å². The average Bonchev–Trinajstić information content (AvgIpc) is 2.31. The summed E-state index contributed by atoms with van der Waals surface area (Å²) < 4.78 is 28.1. The molecule has 0 atom stereocenters. The Kier molecular flexibility index (Phi) is 4.50. The summed E-state index contributed by atoms with van der Waals surface area (Å²) in [5.74, 6) is 0. The Morgan fingerprint density at radius 3 is 2.58 bits per heavy atom. The highest BCUT2D eigenvalue weighted by molar-refractivity contribution is 9.11. The molecule has 4 nitrogen and oxygen atoms in total. The Labute approximate surface area is 132 Å². The first kappa shape index (κ1) is 14.8. The van der Waals surface area contributed by atoms with Crippen LogP contribution in [0, 0.1) is 0 Å². The molecule has 1 aromatic carbocycles. The van der Waals surface area contributed by atoms with Gasteiger partial charge in [0.2, 0.25) is 0 Å². The van der Waals surface area contributed by atoms with Gasteiger partial charge in [-0.15, -0.1) is 0 Å². The number of hydrogen-bond acceptors (Lipinski definition) is 3. The van der Waals surface area contributed by atoms with Crippen molar-refractivity contribution in [2.45, 2.75) is 4.90 Å². The molecule has 0 radical (unpaired) electrons. The molecule has 1 heterocycles. The largest absolute Gasteiger partial charge is 0.279 e. The molecule has 1 N–H and O–H groups in total. The van der Waals surface area contributed by atoms with Crippen LogP contribution in [0.5, 0.6) is 0 Å². The molecule has 0 aliphatic rings. The van der Waals surface area contributed by atoms with E-state index in [2.05, 4.69) is 41.6 Å². The summed E-state index contributed by atoms with van der Waals surface area (Å²) in [4.78, 5) is 3.92. The van der Waals surface area contributed by atoms with E-state index < -0.39 is 10.0 Å².